The van der Waals surface area contributed by atoms with Gasteiger partial charge in [-0.1, -0.05) is 18.2 Å². The number of para-hydroxylation sites is 1. The van der Waals surface area contributed by atoms with Gasteiger partial charge in [0.15, 0.2) is 0 Å². The molecule has 25 heavy (non-hydrogen) atoms. The summed E-state index contributed by atoms with van der Waals surface area (Å²) in [7, 11) is 2.00. The molecule has 0 spiro atoms. The van der Waals surface area contributed by atoms with E-state index < -0.39 is 0 Å². The number of hydrogen-bond acceptors (Lipinski definition) is 5. The minimum atomic E-state index is 0.222. The fraction of sp³-hybridized carbons (Fsp3) is 0.368. The molecular formula is C19H21N3OS2. The molecule has 1 aliphatic rings. The number of amides is 1. The Morgan fingerprint density at radius 2 is 2.20 bits per heavy atom. The number of nitrogens with zero attached hydrogens (tertiary/aromatic N) is 3. The first-order valence-electron chi connectivity index (χ1n) is 8.56. The third kappa shape index (κ3) is 3.61. The van der Waals surface area contributed by atoms with Crippen LogP contribution in [0.3, 0.4) is 0 Å². The van der Waals surface area contributed by atoms with Crippen molar-refractivity contribution in [3.8, 4) is 0 Å². The largest absolute Gasteiger partial charge is 0.334 e. The SMILES string of the molecule is CN(CC(=O)N1CCCC1c1cccs1)Cc1nc2ccccc2s1. The number of thiophene rings is 1. The lowest BCUT2D eigenvalue weighted by molar-refractivity contribution is -0.133. The molecule has 0 saturated carbocycles. The third-order valence-corrected chi connectivity index (χ3v) is 6.59. The van der Waals surface area contributed by atoms with Crippen LogP contribution in [0.2, 0.25) is 0 Å². The number of carbonyl (C=O) groups is 1. The smallest absolute Gasteiger partial charge is 0.237 e. The number of thiazole rings is 1. The van der Waals surface area contributed by atoms with Crippen LogP contribution in [0.1, 0.15) is 28.8 Å². The maximum absolute atomic E-state index is 12.8. The van der Waals surface area contributed by atoms with E-state index in [0.29, 0.717) is 13.1 Å². The molecule has 1 unspecified atom stereocenters. The number of carbonyl (C=O) groups excluding carboxylic acids is 1. The van der Waals surface area contributed by atoms with E-state index >= 15 is 0 Å². The van der Waals surface area contributed by atoms with Crippen LogP contribution in [0, 0.1) is 0 Å². The lowest BCUT2D eigenvalue weighted by Crippen LogP contribution is -2.38. The van der Waals surface area contributed by atoms with Crippen molar-refractivity contribution in [3.63, 3.8) is 0 Å². The van der Waals surface area contributed by atoms with Crippen molar-refractivity contribution in [1.29, 1.82) is 0 Å². The van der Waals surface area contributed by atoms with Gasteiger partial charge in [0, 0.05) is 11.4 Å². The molecule has 0 aliphatic carbocycles. The van der Waals surface area contributed by atoms with E-state index in [1.165, 1.54) is 9.58 Å². The lowest BCUT2D eigenvalue weighted by atomic mass is 10.2. The number of likely N-dealkylation sites (N-methyl/N-ethyl adjacent to an activating group) is 1. The quantitative estimate of drug-likeness (QED) is 0.676. The normalized spacial score (nSPS) is 17.7. The average molecular weight is 372 g/mol. The number of fused-ring (bicyclic) bond motifs is 1. The van der Waals surface area contributed by atoms with E-state index in [4.69, 9.17) is 0 Å². The first-order chi connectivity index (χ1) is 12.2. The van der Waals surface area contributed by atoms with Crippen molar-refractivity contribution in [2.45, 2.75) is 25.4 Å². The number of hydrogen-bond donors (Lipinski definition) is 0. The van der Waals surface area contributed by atoms with Gasteiger partial charge in [0.25, 0.3) is 0 Å². The summed E-state index contributed by atoms with van der Waals surface area (Å²) >= 11 is 3.46. The fourth-order valence-corrected chi connectivity index (χ4v) is 5.36. The van der Waals surface area contributed by atoms with Gasteiger partial charge in [-0.05, 0) is 43.5 Å². The van der Waals surface area contributed by atoms with Crippen LogP contribution in [0.4, 0.5) is 0 Å². The molecule has 0 radical (unpaired) electrons. The van der Waals surface area contributed by atoms with Crippen LogP contribution in [-0.2, 0) is 11.3 Å². The highest BCUT2D eigenvalue weighted by Gasteiger charge is 2.30. The van der Waals surface area contributed by atoms with Crippen molar-refractivity contribution < 1.29 is 4.79 Å². The second-order valence-corrected chi connectivity index (χ2v) is 8.60. The van der Waals surface area contributed by atoms with Crippen LogP contribution in [0.5, 0.6) is 0 Å². The average Bonchev–Trinajstić information content (AvgIpc) is 3.33. The first-order valence-corrected chi connectivity index (χ1v) is 10.3. The van der Waals surface area contributed by atoms with Gasteiger partial charge in [0.05, 0.1) is 29.3 Å². The van der Waals surface area contributed by atoms with E-state index in [1.807, 2.05) is 25.2 Å². The van der Waals surface area contributed by atoms with Gasteiger partial charge in [0.2, 0.25) is 5.91 Å². The molecule has 1 amide bonds. The number of aromatic nitrogens is 1. The minimum Gasteiger partial charge on any atom is -0.334 e. The van der Waals surface area contributed by atoms with E-state index in [2.05, 4.69) is 38.4 Å². The summed E-state index contributed by atoms with van der Waals surface area (Å²) in [6.07, 6.45) is 2.17. The second kappa shape index (κ2) is 7.23. The molecule has 2 aromatic heterocycles. The standard InChI is InChI=1S/C19H21N3OS2/c1-21(12-18-20-14-6-2-3-8-16(14)25-18)13-19(23)22-10-4-7-15(22)17-9-5-11-24-17/h2-3,5-6,8-9,11,15H,4,7,10,12-13H2,1H3. The summed E-state index contributed by atoms with van der Waals surface area (Å²) in [6, 6.07) is 12.7. The summed E-state index contributed by atoms with van der Waals surface area (Å²) in [4.78, 5) is 22.9. The van der Waals surface area contributed by atoms with Crippen LogP contribution < -0.4 is 0 Å². The molecule has 130 valence electrons. The number of rotatable bonds is 5. The molecule has 1 aliphatic heterocycles. The van der Waals surface area contributed by atoms with Gasteiger partial charge >= 0.3 is 0 Å². The molecule has 4 rings (SSSR count). The van der Waals surface area contributed by atoms with E-state index in [0.717, 1.165) is 29.9 Å². The molecule has 3 heterocycles. The second-order valence-electron chi connectivity index (χ2n) is 6.51. The van der Waals surface area contributed by atoms with Crippen LogP contribution >= 0.6 is 22.7 Å². The molecule has 1 atom stereocenters. The van der Waals surface area contributed by atoms with Gasteiger partial charge in [-0.2, -0.15) is 0 Å². The van der Waals surface area contributed by atoms with Gasteiger partial charge in [0.1, 0.15) is 5.01 Å². The fourth-order valence-electron chi connectivity index (χ4n) is 3.44. The Labute approximate surface area is 155 Å². The summed E-state index contributed by atoms with van der Waals surface area (Å²) < 4.78 is 1.20. The Morgan fingerprint density at radius 3 is 3.00 bits per heavy atom. The highest BCUT2D eigenvalue weighted by Crippen LogP contribution is 2.34. The van der Waals surface area contributed by atoms with Crippen molar-refractivity contribution in [1.82, 2.24) is 14.8 Å². The van der Waals surface area contributed by atoms with Gasteiger partial charge in [-0.3, -0.25) is 9.69 Å². The van der Waals surface area contributed by atoms with Crippen molar-refractivity contribution >= 4 is 38.8 Å². The monoisotopic (exact) mass is 371 g/mol. The predicted octanol–water partition coefficient (Wildman–Crippen LogP) is 4.15. The molecule has 3 aromatic rings. The highest BCUT2D eigenvalue weighted by molar-refractivity contribution is 7.18. The number of likely N-dealkylation sites (tertiary alicyclic amines) is 1. The molecule has 4 nitrogen and oxygen atoms in total. The maximum Gasteiger partial charge on any atom is 0.237 e. The Balaban J connectivity index is 1.40. The van der Waals surface area contributed by atoms with Crippen LogP contribution in [-0.4, -0.2) is 40.8 Å². The molecule has 0 bridgehead atoms. The highest BCUT2D eigenvalue weighted by atomic mass is 32.1. The van der Waals surface area contributed by atoms with Crippen LogP contribution in [0.15, 0.2) is 41.8 Å². The van der Waals surface area contributed by atoms with Crippen molar-refractivity contribution in [3.05, 3.63) is 51.7 Å². The van der Waals surface area contributed by atoms with Gasteiger partial charge in [-0.25, -0.2) is 4.98 Å². The zero-order valence-corrected chi connectivity index (χ0v) is 15.9. The Hall–Kier alpha value is -1.76. The third-order valence-electron chi connectivity index (χ3n) is 4.59. The molecule has 1 saturated heterocycles. The lowest BCUT2D eigenvalue weighted by Gasteiger charge is -2.26. The van der Waals surface area contributed by atoms with Gasteiger partial charge < -0.3 is 4.90 Å². The topological polar surface area (TPSA) is 36.4 Å². The molecule has 6 heteroatoms. The molecule has 0 N–H and O–H groups in total. The summed E-state index contributed by atoms with van der Waals surface area (Å²) in [5, 5.41) is 3.16. The minimum absolute atomic E-state index is 0.222. The van der Waals surface area contributed by atoms with Crippen molar-refractivity contribution in [2.75, 3.05) is 20.1 Å². The Morgan fingerprint density at radius 1 is 1.32 bits per heavy atom. The van der Waals surface area contributed by atoms with E-state index in [1.54, 1.807) is 22.7 Å². The Bertz CT molecular complexity index is 826. The van der Waals surface area contributed by atoms with E-state index in [-0.39, 0.29) is 11.9 Å². The molecule has 1 aromatic carbocycles. The first kappa shape index (κ1) is 16.7. The zero-order chi connectivity index (χ0) is 17.2. The summed E-state index contributed by atoms with van der Waals surface area (Å²) in [6.45, 7) is 2.02. The summed E-state index contributed by atoms with van der Waals surface area (Å²) in [5.41, 5.74) is 1.04. The molecular weight excluding hydrogens is 350 g/mol. The zero-order valence-electron chi connectivity index (χ0n) is 14.2. The maximum atomic E-state index is 12.8. The Kier molecular flexibility index (Phi) is 4.83. The van der Waals surface area contributed by atoms with Crippen molar-refractivity contribution in [2.24, 2.45) is 0 Å². The molecule has 1 fully saturated rings. The van der Waals surface area contributed by atoms with Gasteiger partial charge in [-0.15, -0.1) is 22.7 Å². The predicted molar refractivity (Wildman–Crippen MR) is 104 cm³/mol. The number of benzene rings is 1. The van der Waals surface area contributed by atoms with E-state index in [9.17, 15) is 4.79 Å². The summed E-state index contributed by atoms with van der Waals surface area (Å²) in [5.74, 6) is 0.222. The van der Waals surface area contributed by atoms with Crippen LogP contribution in [0.25, 0.3) is 10.2 Å².